The number of rotatable bonds is 6. The van der Waals surface area contributed by atoms with E-state index in [1.165, 1.54) is 27.8 Å². The zero-order chi connectivity index (χ0) is 21.9. The molecule has 164 valence electrons. The van der Waals surface area contributed by atoms with Crippen LogP contribution in [0.15, 0.2) is 72.4 Å². The van der Waals surface area contributed by atoms with E-state index >= 15 is 0 Å². The molecule has 1 saturated heterocycles. The normalized spacial score (nSPS) is 18.0. The summed E-state index contributed by atoms with van der Waals surface area (Å²) in [4.78, 5) is 20.8. The largest absolute Gasteiger partial charge is 0.350 e. The van der Waals surface area contributed by atoms with Gasteiger partial charge in [0.25, 0.3) is 5.91 Å². The Bertz CT molecular complexity index is 1190. The number of para-hydroxylation sites is 1. The number of benzene rings is 1. The number of nitrogens with one attached hydrogen (secondary N) is 1. The average molecular weight is 445 g/mol. The van der Waals surface area contributed by atoms with E-state index in [1.54, 1.807) is 0 Å². The Morgan fingerprint density at radius 1 is 1.19 bits per heavy atom. The van der Waals surface area contributed by atoms with Crippen LogP contribution in [0.3, 0.4) is 0 Å². The molecule has 0 spiro atoms. The Morgan fingerprint density at radius 3 is 2.88 bits per heavy atom. The van der Waals surface area contributed by atoms with Crippen LogP contribution in [0.25, 0.3) is 10.9 Å². The number of thiophene rings is 1. The van der Waals surface area contributed by atoms with Gasteiger partial charge in [-0.15, -0.1) is 11.3 Å². The maximum atomic E-state index is 12.9. The highest BCUT2D eigenvalue weighted by atomic mass is 32.1. The quantitative estimate of drug-likeness (QED) is 0.454. The van der Waals surface area contributed by atoms with Crippen LogP contribution >= 0.6 is 11.3 Å². The van der Waals surface area contributed by atoms with Crippen molar-refractivity contribution in [3.63, 3.8) is 0 Å². The predicted molar refractivity (Wildman–Crippen MR) is 130 cm³/mol. The number of carbonyl (C=O) groups excluding carboxylic acids is 1. The number of likely N-dealkylation sites (tertiary alicyclic amines) is 1. The van der Waals surface area contributed by atoms with Gasteiger partial charge in [-0.05, 0) is 60.5 Å². The van der Waals surface area contributed by atoms with Gasteiger partial charge in [-0.25, -0.2) is 0 Å². The third-order valence-corrected chi connectivity index (χ3v) is 7.29. The number of hydrogen-bond acceptors (Lipinski definition) is 4. The summed E-state index contributed by atoms with van der Waals surface area (Å²) < 4.78 is 2.21. The van der Waals surface area contributed by atoms with Gasteiger partial charge in [0.1, 0.15) is 0 Å². The van der Waals surface area contributed by atoms with Gasteiger partial charge in [0.05, 0.1) is 16.6 Å². The molecule has 0 unspecified atom stereocenters. The van der Waals surface area contributed by atoms with Gasteiger partial charge in [0.15, 0.2) is 0 Å². The zero-order valence-corrected chi connectivity index (χ0v) is 19.1. The molecule has 0 saturated carbocycles. The van der Waals surface area contributed by atoms with Crippen LogP contribution in [-0.2, 0) is 13.6 Å². The summed E-state index contributed by atoms with van der Waals surface area (Å²) >= 11 is 1.48. The highest BCUT2D eigenvalue weighted by Gasteiger charge is 2.31. The number of nitrogens with zero attached hydrogens (tertiary/aromatic N) is 3. The first-order valence-corrected chi connectivity index (χ1v) is 12.1. The second-order valence-corrected chi connectivity index (χ2v) is 9.55. The maximum absolute atomic E-state index is 12.9. The Morgan fingerprint density at radius 2 is 2.06 bits per heavy atom. The van der Waals surface area contributed by atoms with E-state index in [1.807, 2.05) is 41.9 Å². The lowest BCUT2D eigenvalue weighted by Gasteiger charge is -2.37. The monoisotopic (exact) mass is 444 g/mol. The Balaban J connectivity index is 1.36. The number of amides is 1. The summed E-state index contributed by atoms with van der Waals surface area (Å²) in [5.74, 6) is 0.305. The fourth-order valence-electron chi connectivity index (χ4n) is 4.91. The lowest BCUT2D eigenvalue weighted by Crippen LogP contribution is -2.42. The molecular formula is C26H28N4OS. The summed E-state index contributed by atoms with van der Waals surface area (Å²) in [7, 11) is 2.11. The van der Waals surface area contributed by atoms with Crippen LogP contribution in [0.2, 0.25) is 0 Å². The molecule has 3 aromatic heterocycles. The lowest BCUT2D eigenvalue weighted by atomic mass is 9.88. The molecule has 4 aromatic rings. The standard InChI is InChI=1S/C26H28N4OS/c1-29-16-20(21-9-2-3-11-23(21)29)18-30-14-6-8-19(17-30)25(22-10-4-5-13-27-22)28-26(31)24-12-7-15-32-24/h2-5,7,9-13,15-16,19,25H,6,8,14,17-18H2,1H3,(H,28,31)/t19-,25+/m0/s1. The number of hydrogen-bond donors (Lipinski definition) is 1. The van der Waals surface area contributed by atoms with Crippen molar-refractivity contribution in [2.24, 2.45) is 13.0 Å². The molecule has 4 heterocycles. The van der Waals surface area contributed by atoms with E-state index in [9.17, 15) is 4.79 Å². The molecule has 1 N–H and O–H groups in total. The number of aromatic nitrogens is 2. The van der Waals surface area contributed by atoms with Crippen molar-refractivity contribution >= 4 is 28.1 Å². The minimum Gasteiger partial charge on any atom is -0.350 e. The van der Waals surface area contributed by atoms with Crippen LogP contribution < -0.4 is 5.32 Å². The van der Waals surface area contributed by atoms with Gasteiger partial charge in [-0.1, -0.05) is 30.3 Å². The first kappa shape index (κ1) is 20.9. The topological polar surface area (TPSA) is 50.2 Å². The molecule has 2 atom stereocenters. The smallest absolute Gasteiger partial charge is 0.261 e. The van der Waals surface area contributed by atoms with Crippen molar-refractivity contribution in [2.45, 2.75) is 25.4 Å². The fourth-order valence-corrected chi connectivity index (χ4v) is 5.54. The van der Waals surface area contributed by atoms with Crippen molar-refractivity contribution in [3.05, 3.63) is 88.5 Å². The number of piperidine rings is 1. The Labute approximate surface area is 192 Å². The molecule has 6 heteroatoms. The van der Waals surface area contributed by atoms with Crippen molar-refractivity contribution in [3.8, 4) is 0 Å². The van der Waals surface area contributed by atoms with Crippen LogP contribution in [-0.4, -0.2) is 33.4 Å². The number of carbonyl (C=O) groups is 1. The molecule has 0 aliphatic carbocycles. The van der Waals surface area contributed by atoms with E-state index < -0.39 is 0 Å². The molecule has 1 fully saturated rings. The second kappa shape index (κ2) is 9.27. The molecule has 1 aromatic carbocycles. The predicted octanol–water partition coefficient (Wildman–Crippen LogP) is 5.02. The first-order valence-electron chi connectivity index (χ1n) is 11.2. The van der Waals surface area contributed by atoms with E-state index in [0.29, 0.717) is 5.92 Å². The summed E-state index contributed by atoms with van der Waals surface area (Å²) in [5, 5.41) is 6.57. The number of aryl methyl sites for hydroxylation is 1. The van der Waals surface area contributed by atoms with Gasteiger partial charge in [0.2, 0.25) is 0 Å². The van der Waals surface area contributed by atoms with Crippen LogP contribution in [0.5, 0.6) is 0 Å². The molecule has 0 bridgehead atoms. The third kappa shape index (κ3) is 4.33. The average Bonchev–Trinajstić information content (AvgIpc) is 3.47. The third-order valence-electron chi connectivity index (χ3n) is 6.42. The van der Waals surface area contributed by atoms with E-state index in [0.717, 1.165) is 43.0 Å². The van der Waals surface area contributed by atoms with Crippen molar-refractivity contribution in [2.75, 3.05) is 13.1 Å². The molecule has 32 heavy (non-hydrogen) atoms. The van der Waals surface area contributed by atoms with Crippen molar-refractivity contribution < 1.29 is 4.79 Å². The highest BCUT2D eigenvalue weighted by molar-refractivity contribution is 7.12. The Kier molecular flexibility index (Phi) is 6.06. The van der Waals surface area contributed by atoms with E-state index in [-0.39, 0.29) is 11.9 Å². The first-order chi connectivity index (χ1) is 15.7. The molecule has 5 rings (SSSR count). The summed E-state index contributed by atoms with van der Waals surface area (Å²) in [5.41, 5.74) is 3.57. The summed E-state index contributed by atoms with van der Waals surface area (Å²) in [6.45, 7) is 2.94. The van der Waals surface area contributed by atoms with Gasteiger partial charge in [0, 0.05) is 43.4 Å². The van der Waals surface area contributed by atoms with E-state index in [2.05, 4.69) is 57.3 Å². The van der Waals surface area contributed by atoms with Gasteiger partial charge in [-0.3, -0.25) is 14.7 Å². The summed E-state index contributed by atoms with van der Waals surface area (Å²) in [6.07, 6.45) is 6.27. The second-order valence-electron chi connectivity index (χ2n) is 8.60. The molecule has 0 radical (unpaired) electrons. The lowest BCUT2D eigenvalue weighted by molar-refractivity contribution is 0.0879. The molecule has 1 aliphatic rings. The van der Waals surface area contributed by atoms with E-state index in [4.69, 9.17) is 0 Å². The molecule has 1 amide bonds. The maximum Gasteiger partial charge on any atom is 0.261 e. The van der Waals surface area contributed by atoms with Crippen LogP contribution in [0.4, 0.5) is 0 Å². The van der Waals surface area contributed by atoms with Crippen molar-refractivity contribution in [1.29, 1.82) is 0 Å². The van der Waals surface area contributed by atoms with Gasteiger partial charge < -0.3 is 9.88 Å². The Hall–Kier alpha value is -2.96. The highest BCUT2D eigenvalue weighted by Crippen LogP contribution is 2.31. The molecular weight excluding hydrogens is 416 g/mol. The fraction of sp³-hybridized carbons (Fsp3) is 0.308. The molecule has 1 aliphatic heterocycles. The van der Waals surface area contributed by atoms with Crippen molar-refractivity contribution in [1.82, 2.24) is 19.8 Å². The minimum absolute atomic E-state index is 0.0122. The van der Waals surface area contributed by atoms with Gasteiger partial charge >= 0.3 is 0 Å². The zero-order valence-electron chi connectivity index (χ0n) is 18.3. The van der Waals surface area contributed by atoms with Gasteiger partial charge in [-0.2, -0.15) is 0 Å². The van der Waals surface area contributed by atoms with Crippen LogP contribution in [0.1, 0.15) is 39.8 Å². The number of fused-ring (bicyclic) bond motifs is 1. The van der Waals surface area contributed by atoms with Crippen LogP contribution in [0, 0.1) is 5.92 Å². The number of pyridine rings is 1. The summed E-state index contributed by atoms with van der Waals surface area (Å²) in [6, 6.07) is 18.3. The SMILES string of the molecule is Cn1cc(CN2CCC[C@H]([C@@H](NC(=O)c3cccs3)c3ccccn3)C2)c2ccccc21. The molecule has 5 nitrogen and oxygen atoms in total. The minimum atomic E-state index is -0.0962.